The first-order valence-electron chi connectivity index (χ1n) is 6.66. The number of anilines is 1. The molecular weight excluding hydrogens is 336 g/mol. The van der Waals surface area contributed by atoms with Crippen LogP contribution in [0.1, 0.15) is 11.8 Å². The largest absolute Gasteiger partial charge is 0.360 e. The van der Waals surface area contributed by atoms with Gasteiger partial charge in [-0.05, 0) is 24.8 Å². The fourth-order valence-corrected chi connectivity index (χ4v) is 4.22. The predicted molar refractivity (Wildman–Crippen MR) is 93.6 cm³/mol. The van der Waals surface area contributed by atoms with E-state index in [-0.39, 0.29) is 17.7 Å². The summed E-state index contributed by atoms with van der Waals surface area (Å²) in [6.45, 7) is 2.88. The number of aromatic nitrogens is 2. The molecule has 0 fully saturated rings. The Morgan fingerprint density at radius 2 is 2.41 bits per heavy atom. The quantitative estimate of drug-likeness (QED) is 0.564. The molecule has 0 saturated heterocycles. The van der Waals surface area contributed by atoms with Crippen molar-refractivity contribution in [1.82, 2.24) is 15.5 Å². The number of rotatable bonds is 8. The number of thiophene rings is 1. The van der Waals surface area contributed by atoms with E-state index in [2.05, 4.69) is 38.2 Å². The summed E-state index contributed by atoms with van der Waals surface area (Å²) in [5.74, 6) is 2.29. The molecule has 0 radical (unpaired) electrons. The number of nitrogens with zero attached hydrogens (tertiary/aromatic N) is 2. The Morgan fingerprint density at radius 3 is 3.14 bits per heavy atom. The summed E-state index contributed by atoms with van der Waals surface area (Å²) >= 11 is 4.58. The monoisotopic (exact) mass is 352 g/mol. The molecule has 0 aliphatic heterocycles. The van der Waals surface area contributed by atoms with Gasteiger partial charge in [-0.15, -0.1) is 28.0 Å². The van der Waals surface area contributed by atoms with Crippen LogP contribution >= 0.6 is 34.4 Å². The minimum absolute atomic E-state index is 0.0923. The number of terminal acetylenes is 1. The third-order valence-corrected chi connectivity index (χ3v) is 5.65. The molecule has 22 heavy (non-hydrogen) atoms. The minimum atomic E-state index is -0.250. The van der Waals surface area contributed by atoms with E-state index in [1.165, 1.54) is 28.0 Å². The molecule has 0 spiro atoms. The van der Waals surface area contributed by atoms with Gasteiger partial charge in [0.1, 0.15) is 0 Å². The number of nitrogens with one attached hydrogen (secondary N) is 2. The molecule has 0 aromatic carbocycles. The van der Waals surface area contributed by atoms with Crippen molar-refractivity contribution in [2.24, 2.45) is 0 Å². The first-order chi connectivity index (χ1) is 10.7. The van der Waals surface area contributed by atoms with Crippen LogP contribution in [-0.2, 0) is 11.2 Å². The number of hydrogen-bond donors (Lipinski definition) is 2. The van der Waals surface area contributed by atoms with Crippen LogP contribution in [-0.4, -0.2) is 34.4 Å². The van der Waals surface area contributed by atoms with E-state index in [1.807, 2.05) is 13.0 Å². The van der Waals surface area contributed by atoms with Crippen molar-refractivity contribution in [3.63, 3.8) is 0 Å². The molecule has 5 nitrogen and oxygen atoms in total. The minimum Gasteiger partial charge on any atom is -0.360 e. The van der Waals surface area contributed by atoms with Gasteiger partial charge in [-0.2, -0.15) is 0 Å². The molecule has 8 heteroatoms. The molecule has 0 saturated carbocycles. The lowest BCUT2D eigenvalue weighted by molar-refractivity contribution is -0.120. The molecular formula is C14H16N4OS3. The molecule has 2 N–H and O–H groups in total. The van der Waals surface area contributed by atoms with Crippen LogP contribution in [0.25, 0.3) is 0 Å². The Morgan fingerprint density at radius 1 is 1.55 bits per heavy atom. The van der Waals surface area contributed by atoms with Gasteiger partial charge in [-0.1, -0.05) is 35.1 Å². The smallest absolute Gasteiger partial charge is 0.234 e. The lowest BCUT2D eigenvalue weighted by atomic mass is 10.3. The zero-order chi connectivity index (χ0) is 15.8. The highest BCUT2D eigenvalue weighted by Gasteiger charge is 2.16. The molecule has 2 aromatic rings. The van der Waals surface area contributed by atoms with Crippen molar-refractivity contribution in [1.29, 1.82) is 0 Å². The Labute approximate surface area is 141 Å². The summed E-state index contributed by atoms with van der Waals surface area (Å²) in [7, 11) is 0. The van der Waals surface area contributed by atoms with Crippen LogP contribution in [0.2, 0.25) is 0 Å². The van der Waals surface area contributed by atoms with Crippen LogP contribution in [0.5, 0.6) is 0 Å². The maximum Gasteiger partial charge on any atom is 0.234 e. The van der Waals surface area contributed by atoms with E-state index in [0.717, 1.165) is 22.4 Å². The van der Waals surface area contributed by atoms with Crippen LogP contribution in [0.4, 0.5) is 5.13 Å². The third-order valence-electron chi connectivity index (χ3n) is 2.65. The van der Waals surface area contributed by atoms with Crippen molar-refractivity contribution in [3.8, 4) is 12.3 Å². The average Bonchev–Trinajstić information content (AvgIpc) is 3.17. The second-order valence-corrected chi connectivity index (χ2v) is 7.91. The topological polar surface area (TPSA) is 66.9 Å². The highest BCUT2D eigenvalue weighted by molar-refractivity contribution is 8.02. The first kappa shape index (κ1) is 16.8. The van der Waals surface area contributed by atoms with E-state index in [4.69, 9.17) is 6.42 Å². The molecule has 1 atom stereocenters. The summed E-state index contributed by atoms with van der Waals surface area (Å²) in [5, 5.41) is 16.7. The molecule has 1 amide bonds. The second-order valence-electron chi connectivity index (χ2n) is 4.31. The van der Waals surface area contributed by atoms with Gasteiger partial charge in [0.2, 0.25) is 11.0 Å². The van der Waals surface area contributed by atoms with E-state index < -0.39 is 0 Å². The number of hydrogen-bond acceptors (Lipinski definition) is 7. The fourth-order valence-electron chi connectivity index (χ4n) is 1.56. The van der Waals surface area contributed by atoms with Gasteiger partial charge in [0.05, 0.1) is 11.8 Å². The summed E-state index contributed by atoms with van der Waals surface area (Å²) in [5.41, 5.74) is 0. The van der Waals surface area contributed by atoms with Crippen molar-refractivity contribution in [2.45, 2.75) is 22.9 Å². The molecule has 0 aliphatic rings. The van der Waals surface area contributed by atoms with Gasteiger partial charge < -0.3 is 10.6 Å². The van der Waals surface area contributed by atoms with Crippen molar-refractivity contribution in [2.75, 3.05) is 18.4 Å². The van der Waals surface area contributed by atoms with Gasteiger partial charge in [0.15, 0.2) is 4.34 Å². The summed E-state index contributed by atoms with van der Waals surface area (Å²) < 4.78 is 0.766. The fraction of sp³-hybridized carbons (Fsp3) is 0.357. The molecule has 0 aliphatic carbocycles. The molecule has 2 heterocycles. The van der Waals surface area contributed by atoms with E-state index in [9.17, 15) is 4.79 Å². The Kier molecular flexibility index (Phi) is 6.71. The maximum absolute atomic E-state index is 11.7. The lowest BCUT2D eigenvalue weighted by Gasteiger charge is -2.07. The zero-order valence-electron chi connectivity index (χ0n) is 12.0. The van der Waals surface area contributed by atoms with Crippen LogP contribution in [0.15, 0.2) is 21.9 Å². The van der Waals surface area contributed by atoms with Gasteiger partial charge in [0.25, 0.3) is 0 Å². The number of amides is 1. The maximum atomic E-state index is 11.7. The van der Waals surface area contributed by atoms with Gasteiger partial charge >= 0.3 is 0 Å². The van der Waals surface area contributed by atoms with Gasteiger partial charge in [-0.25, -0.2) is 0 Å². The second kappa shape index (κ2) is 8.78. The van der Waals surface area contributed by atoms with Crippen LogP contribution < -0.4 is 10.6 Å². The summed E-state index contributed by atoms with van der Waals surface area (Å²) in [6, 6.07) is 4.16. The Hall–Kier alpha value is -1.56. The van der Waals surface area contributed by atoms with Gasteiger partial charge in [0, 0.05) is 11.4 Å². The lowest BCUT2D eigenvalue weighted by Crippen LogP contribution is -2.30. The Balaban J connectivity index is 1.76. The number of carbonyl (C=O) groups excluding carboxylic acids is 1. The van der Waals surface area contributed by atoms with Crippen molar-refractivity contribution < 1.29 is 4.79 Å². The third kappa shape index (κ3) is 5.33. The normalized spacial score (nSPS) is 11.6. The number of carbonyl (C=O) groups is 1. The highest BCUT2D eigenvalue weighted by Crippen LogP contribution is 2.28. The summed E-state index contributed by atoms with van der Waals surface area (Å²) in [4.78, 5) is 13.1. The van der Waals surface area contributed by atoms with Crippen LogP contribution in [0.3, 0.4) is 0 Å². The molecule has 2 rings (SSSR count). The first-order valence-corrected chi connectivity index (χ1v) is 9.24. The van der Waals surface area contributed by atoms with E-state index in [0.29, 0.717) is 0 Å². The highest BCUT2D eigenvalue weighted by atomic mass is 32.2. The number of thioether (sulfide) groups is 1. The Bertz CT molecular complexity index is 633. The van der Waals surface area contributed by atoms with Gasteiger partial charge in [-0.3, -0.25) is 4.79 Å². The average molecular weight is 353 g/mol. The van der Waals surface area contributed by atoms with Crippen LogP contribution in [0, 0.1) is 12.3 Å². The summed E-state index contributed by atoms with van der Waals surface area (Å²) in [6.07, 6.45) is 6.08. The van der Waals surface area contributed by atoms with Crippen molar-refractivity contribution >= 4 is 45.5 Å². The standard InChI is InChI=1S/C14H16N4OS3/c1-3-7-15-12(19)10(2)21-14-18-17-13(22-14)16-8-6-11-5-4-9-20-11/h1,4-5,9-10H,6-8H2,2H3,(H,15,19)(H,16,17). The predicted octanol–water partition coefficient (Wildman–Crippen LogP) is 2.48. The molecule has 1 unspecified atom stereocenters. The SMILES string of the molecule is C#CCNC(=O)C(C)Sc1nnc(NCCc2cccs2)s1. The molecule has 0 bridgehead atoms. The molecule has 2 aromatic heterocycles. The van der Waals surface area contributed by atoms with Crippen molar-refractivity contribution in [3.05, 3.63) is 22.4 Å². The van der Waals surface area contributed by atoms with E-state index >= 15 is 0 Å². The molecule has 116 valence electrons. The van der Waals surface area contributed by atoms with E-state index in [1.54, 1.807) is 11.3 Å². The zero-order valence-corrected chi connectivity index (χ0v) is 14.5.